The van der Waals surface area contributed by atoms with Crippen molar-refractivity contribution in [1.82, 2.24) is 0 Å². The quantitative estimate of drug-likeness (QED) is 0.892. The molecule has 0 fully saturated rings. The summed E-state index contributed by atoms with van der Waals surface area (Å²) in [6.45, 7) is 2.04. The molecule has 2 aromatic rings. The van der Waals surface area contributed by atoms with Crippen LogP contribution >= 0.6 is 11.3 Å². The van der Waals surface area contributed by atoms with Crippen molar-refractivity contribution in [3.05, 3.63) is 57.3 Å². The van der Waals surface area contributed by atoms with Gasteiger partial charge in [-0.15, -0.1) is 11.3 Å². The third-order valence-corrected chi connectivity index (χ3v) is 4.13. The average molecular weight is 268 g/mol. The van der Waals surface area contributed by atoms with E-state index in [9.17, 15) is 13.9 Å². The molecule has 0 saturated carbocycles. The molecule has 96 valence electrons. The number of rotatable bonds is 4. The smallest absolute Gasteiger partial charge is 0.162 e. The van der Waals surface area contributed by atoms with Crippen LogP contribution in [0.5, 0.6) is 0 Å². The van der Waals surface area contributed by atoms with E-state index >= 15 is 0 Å². The normalized spacial score (nSPS) is 12.7. The minimum atomic E-state index is -0.875. The van der Waals surface area contributed by atoms with Gasteiger partial charge in [0.05, 0.1) is 6.10 Å². The Hall–Kier alpha value is -1.26. The van der Waals surface area contributed by atoms with Crippen molar-refractivity contribution in [3.63, 3.8) is 0 Å². The third kappa shape index (κ3) is 2.76. The van der Waals surface area contributed by atoms with Crippen LogP contribution in [0.4, 0.5) is 8.78 Å². The Balaban J connectivity index is 2.15. The summed E-state index contributed by atoms with van der Waals surface area (Å²) >= 11 is 1.50. The molecule has 2 rings (SSSR count). The van der Waals surface area contributed by atoms with E-state index in [1.807, 2.05) is 19.1 Å². The molecule has 1 unspecified atom stereocenters. The molecule has 0 amide bonds. The fraction of sp³-hybridized carbons (Fsp3) is 0.286. The van der Waals surface area contributed by atoms with Crippen LogP contribution in [0.3, 0.4) is 0 Å². The van der Waals surface area contributed by atoms with Crippen molar-refractivity contribution in [2.24, 2.45) is 0 Å². The van der Waals surface area contributed by atoms with Gasteiger partial charge in [-0.05, 0) is 30.2 Å². The largest absolute Gasteiger partial charge is 0.387 e. The molecule has 18 heavy (non-hydrogen) atoms. The molecular weight excluding hydrogens is 254 g/mol. The lowest BCUT2D eigenvalue weighted by Crippen LogP contribution is -2.03. The summed E-state index contributed by atoms with van der Waals surface area (Å²) in [5.74, 6) is -1.75. The Morgan fingerprint density at radius 2 is 2.00 bits per heavy atom. The van der Waals surface area contributed by atoms with Crippen molar-refractivity contribution < 1.29 is 13.9 Å². The van der Waals surface area contributed by atoms with Gasteiger partial charge in [0.15, 0.2) is 11.6 Å². The van der Waals surface area contributed by atoms with Gasteiger partial charge in [-0.2, -0.15) is 0 Å². The number of aryl methyl sites for hydroxylation is 1. The van der Waals surface area contributed by atoms with Crippen molar-refractivity contribution >= 4 is 11.3 Å². The molecule has 1 heterocycles. The van der Waals surface area contributed by atoms with Crippen molar-refractivity contribution in [1.29, 1.82) is 0 Å². The predicted molar refractivity (Wildman–Crippen MR) is 68.7 cm³/mol. The van der Waals surface area contributed by atoms with Crippen LogP contribution in [-0.4, -0.2) is 5.11 Å². The average Bonchev–Trinajstić information content (AvgIpc) is 2.83. The number of aliphatic hydroxyl groups excluding tert-OH is 1. The van der Waals surface area contributed by atoms with Gasteiger partial charge in [0.25, 0.3) is 0 Å². The Morgan fingerprint density at radius 3 is 2.67 bits per heavy atom. The lowest BCUT2D eigenvalue weighted by molar-refractivity contribution is 0.180. The van der Waals surface area contributed by atoms with E-state index in [-0.39, 0.29) is 12.0 Å². The van der Waals surface area contributed by atoms with Gasteiger partial charge in [-0.25, -0.2) is 8.78 Å². The molecular formula is C14H14F2OS. The van der Waals surface area contributed by atoms with E-state index in [1.165, 1.54) is 28.3 Å². The Labute approximate surface area is 109 Å². The summed E-state index contributed by atoms with van der Waals surface area (Å²) in [7, 11) is 0. The summed E-state index contributed by atoms with van der Waals surface area (Å²) in [4.78, 5) is 1.96. The summed E-state index contributed by atoms with van der Waals surface area (Å²) in [5, 5.41) is 10.0. The SMILES string of the molecule is CCc1ccc(C(O)Cc2cccc(F)c2F)s1. The number of aliphatic hydroxyl groups is 1. The van der Waals surface area contributed by atoms with Crippen molar-refractivity contribution in [2.45, 2.75) is 25.9 Å². The van der Waals surface area contributed by atoms with Crippen LogP contribution < -0.4 is 0 Å². The Kier molecular flexibility index (Phi) is 4.09. The van der Waals surface area contributed by atoms with Crippen LogP contribution in [0, 0.1) is 11.6 Å². The van der Waals surface area contributed by atoms with E-state index in [4.69, 9.17) is 0 Å². The second-order valence-corrected chi connectivity index (χ2v) is 5.29. The second kappa shape index (κ2) is 5.59. The van der Waals surface area contributed by atoms with Gasteiger partial charge in [-0.1, -0.05) is 19.1 Å². The minimum Gasteiger partial charge on any atom is -0.387 e. The minimum absolute atomic E-state index is 0.0905. The van der Waals surface area contributed by atoms with Gasteiger partial charge < -0.3 is 5.11 Å². The molecule has 1 aromatic heterocycles. The third-order valence-electron chi connectivity index (χ3n) is 2.80. The van der Waals surface area contributed by atoms with E-state index in [0.29, 0.717) is 0 Å². The van der Waals surface area contributed by atoms with Crippen LogP contribution in [0.25, 0.3) is 0 Å². The second-order valence-electron chi connectivity index (χ2n) is 4.09. The lowest BCUT2D eigenvalue weighted by Gasteiger charge is -2.09. The zero-order valence-corrected chi connectivity index (χ0v) is 10.8. The van der Waals surface area contributed by atoms with E-state index < -0.39 is 17.7 Å². The highest BCUT2D eigenvalue weighted by Crippen LogP contribution is 2.27. The molecule has 0 saturated heterocycles. The summed E-state index contributed by atoms with van der Waals surface area (Å²) < 4.78 is 26.5. The molecule has 4 heteroatoms. The van der Waals surface area contributed by atoms with E-state index in [2.05, 4.69) is 0 Å². The molecule has 1 nitrogen and oxygen atoms in total. The Bertz CT molecular complexity index is 536. The van der Waals surface area contributed by atoms with Crippen LogP contribution in [0.15, 0.2) is 30.3 Å². The van der Waals surface area contributed by atoms with Crippen molar-refractivity contribution in [2.75, 3.05) is 0 Å². The molecule has 0 aliphatic carbocycles. The lowest BCUT2D eigenvalue weighted by atomic mass is 10.1. The van der Waals surface area contributed by atoms with Crippen LogP contribution in [0.1, 0.15) is 28.3 Å². The maximum atomic E-state index is 13.5. The molecule has 0 radical (unpaired) electrons. The molecule has 1 N–H and O–H groups in total. The first-order valence-electron chi connectivity index (χ1n) is 5.81. The van der Waals surface area contributed by atoms with Gasteiger partial charge >= 0.3 is 0 Å². The van der Waals surface area contributed by atoms with Gasteiger partial charge in [0, 0.05) is 16.2 Å². The molecule has 0 bridgehead atoms. The van der Waals surface area contributed by atoms with Crippen molar-refractivity contribution in [3.8, 4) is 0 Å². The molecule has 0 aliphatic heterocycles. The van der Waals surface area contributed by atoms with Crippen LogP contribution in [0.2, 0.25) is 0 Å². The van der Waals surface area contributed by atoms with Crippen LogP contribution in [-0.2, 0) is 12.8 Å². The first-order chi connectivity index (χ1) is 8.61. The molecule has 0 aliphatic rings. The highest BCUT2D eigenvalue weighted by atomic mass is 32.1. The fourth-order valence-electron chi connectivity index (χ4n) is 1.78. The topological polar surface area (TPSA) is 20.2 Å². The van der Waals surface area contributed by atoms with E-state index in [0.717, 1.165) is 17.4 Å². The van der Waals surface area contributed by atoms with Gasteiger partial charge in [0.1, 0.15) is 0 Å². The summed E-state index contributed by atoms with van der Waals surface area (Å²) in [5.41, 5.74) is 0.203. The summed E-state index contributed by atoms with van der Waals surface area (Å²) in [6.07, 6.45) is 0.213. The highest BCUT2D eigenvalue weighted by Gasteiger charge is 2.15. The first kappa shape index (κ1) is 13.2. The summed E-state index contributed by atoms with van der Waals surface area (Å²) in [6, 6.07) is 7.81. The number of benzene rings is 1. The highest BCUT2D eigenvalue weighted by molar-refractivity contribution is 7.12. The van der Waals surface area contributed by atoms with Gasteiger partial charge in [-0.3, -0.25) is 0 Å². The predicted octanol–water partition coefficient (Wildman–Crippen LogP) is 3.86. The molecule has 1 aromatic carbocycles. The maximum absolute atomic E-state index is 13.5. The zero-order chi connectivity index (χ0) is 13.1. The maximum Gasteiger partial charge on any atom is 0.162 e. The number of thiophene rings is 1. The zero-order valence-electron chi connectivity index (χ0n) is 9.99. The first-order valence-corrected chi connectivity index (χ1v) is 6.63. The number of halogens is 2. The number of hydrogen-bond donors (Lipinski definition) is 1. The standard InChI is InChI=1S/C14H14F2OS/c1-2-10-6-7-13(18-10)12(17)8-9-4-3-5-11(15)14(9)16/h3-7,12,17H,2,8H2,1H3. The monoisotopic (exact) mass is 268 g/mol. The molecule has 0 spiro atoms. The van der Waals surface area contributed by atoms with Gasteiger partial charge in [0.2, 0.25) is 0 Å². The molecule has 1 atom stereocenters. The van der Waals surface area contributed by atoms with E-state index in [1.54, 1.807) is 0 Å². The Morgan fingerprint density at radius 1 is 1.22 bits per heavy atom. The number of hydrogen-bond acceptors (Lipinski definition) is 2. The fourth-order valence-corrected chi connectivity index (χ4v) is 2.72.